The van der Waals surface area contributed by atoms with Crippen LogP contribution in [-0.4, -0.2) is 16.4 Å². The third-order valence-electron chi connectivity index (χ3n) is 1.23. The number of aromatic nitrogens is 2. The van der Waals surface area contributed by atoms with Gasteiger partial charge in [0.1, 0.15) is 0 Å². The lowest BCUT2D eigenvalue weighted by molar-refractivity contribution is 0.315. The molecular formula is C7H12N2OS. The fraction of sp³-hybridized carbons (Fsp3) is 0.714. The van der Waals surface area contributed by atoms with Gasteiger partial charge in [0.2, 0.25) is 11.0 Å². The van der Waals surface area contributed by atoms with Crippen LogP contribution in [0.2, 0.25) is 0 Å². The first kappa shape index (κ1) is 8.59. The highest BCUT2D eigenvalue weighted by atomic mass is 32.2. The fourth-order valence-corrected chi connectivity index (χ4v) is 0.884. The zero-order valence-corrected chi connectivity index (χ0v) is 8.03. The summed E-state index contributed by atoms with van der Waals surface area (Å²) in [4.78, 5) is 4.19. The molecule has 4 heteroatoms. The molecule has 0 atom stereocenters. The molecule has 0 saturated carbocycles. The molecule has 1 rings (SSSR count). The monoisotopic (exact) mass is 172 g/mol. The van der Waals surface area contributed by atoms with Crippen molar-refractivity contribution in [3.63, 3.8) is 0 Å². The number of nitrogens with zero attached hydrogens (tertiary/aromatic N) is 2. The normalized spacial score (nSPS) is 12.0. The number of hydrogen-bond acceptors (Lipinski definition) is 4. The van der Waals surface area contributed by atoms with Crippen molar-refractivity contribution in [3.8, 4) is 0 Å². The molecule has 0 saturated heterocycles. The lowest BCUT2D eigenvalue weighted by Crippen LogP contribution is -2.11. The van der Waals surface area contributed by atoms with Gasteiger partial charge in [-0.15, -0.1) is 0 Å². The van der Waals surface area contributed by atoms with Crippen molar-refractivity contribution in [2.45, 2.75) is 31.3 Å². The Hall–Kier alpha value is -0.510. The van der Waals surface area contributed by atoms with Crippen LogP contribution in [0.15, 0.2) is 9.68 Å². The van der Waals surface area contributed by atoms with Crippen LogP contribution in [0, 0.1) is 0 Å². The van der Waals surface area contributed by atoms with Gasteiger partial charge in [0.25, 0.3) is 0 Å². The SMILES string of the molecule is CSc1noc(C(C)(C)C)n1. The second-order valence-corrected chi connectivity index (χ2v) is 4.11. The molecule has 0 amide bonds. The van der Waals surface area contributed by atoms with Gasteiger partial charge in [0.15, 0.2) is 0 Å². The van der Waals surface area contributed by atoms with Gasteiger partial charge in [-0.25, -0.2) is 0 Å². The van der Waals surface area contributed by atoms with E-state index in [9.17, 15) is 0 Å². The van der Waals surface area contributed by atoms with E-state index in [1.54, 1.807) is 0 Å². The van der Waals surface area contributed by atoms with Crippen LogP contribution in [0.4, 0.5) is 0 Å². The van der Waals surface area contributed by atoms with Gasteiger partial charge in [-0.1, -0.05) is 37.7 Å². The van der Waals surface area contributed by atoms with E-state index < -0.39 is 0 Å². The predicted molar refractivity (Wildman–Crippen MR) is 44.8 cm³/mol. The molecule has 3 nitrogen and oxygen atoms in total. The van der Waals surface area contributed by atoms with Gasteiger partial charge in [-0.05, 0) is 6.26 Å². The Morgan fingerprint density at radius 2 is 2.00 bits per heavy atom. The summed E-state index contributed by atoms with van der Waals surface area (Å²) >= 11 is 1.49. The van der Waals surface area contributed by atoms with Gasteiger partial charge in [0, 0.05) is 5.41 Å². The summed E-state index contributed by atoms with van der Waals surface area (Å²) < 4.78 is 5.04. The summed E-state index contributed by atoms with van der Waals surface area (Å²) in [6.45, 7) is 6.14. The molecule has 0 unspecified atom stereocenters. The quantitative estimate of drug-likeness (QED) is 0.608. The number of rotatable bonds is 1. The summed E-state index contributed by atoms with van der Waals surface area (Å²) in [6.07, 6.45) is 1.93. The fourth-order valence-electron chi connectivity index (χ4n) is 0.598. The number of hydrogen-bond donors (Lipinski definition) is 0. The molecule has 62 valence electrons. The lowest BCUT2D eigenvalue weighted by Gasteiger charge is -2.10. The van der Waals surface area contributed by atoms with Gasteiger partial charge in [-0.3, -0.25) is 0 Å². The molecule has 0 spiro atoms. The Kier molecular flexibility index (Phi) is 2.23. The Balaban J connectivity index is 2.89. The van der Waals surface area contributed by atoms with E-state index in [1.165, 1.54) is 11.8 Å². The summed E-state index contributed by atoms with van der Waals surface area (Å²) in [5, 5.41) is 4.48. The van der Waals surface area contributed by atoms with Crippen molar-refractivity contribution >= 4 is 11.8 Å². The summed E-state index contributed by atoms with van der Waals surface area (Å²) in [7, 11) is 0. The van der Waals surface area contributed by atoms with Crippen LogP contribution >= 0.6 is 11.8 Å². The van der Waals surface area contributed by atoms with Gasteiger partial charge in [0.05, 0.1) is 0 Å². The average molecular weight is 172 g/mol. The first-order valence-corrected chi connectivity index (χ1v) is 4.64. The van der Waals surface area contributed by atoms with E-state index >= 15 is 0 Å². The Morgan fingerprint density at radius 1 is 1.36 bits per heavy atom. The first-order valence-electron chi connectivity index (χ1n) is 3.42. The molecule has 0 aliphatic carbocycles. The van der Waals surface area contributed by atoms with E-state index in [4.69, 9.17) is 4.52 Å². The molecule has 1 aromatic rings. The minimum absolute atomic E-state index is 0.0407. The van der Waals surface area contributed by atoms with Crippen LogP contribution in [0.5, 0.6) is 0 Å². The summed E-state index contributed by atoms with van der Waals surface area (Å²) in [6, 6.07) is 0. The van der Waals surface area contributed by atoms with Gasteiger partial charge in [-0.2, -0.15) is 4.98 Å². The summed E-state index contributed by atoms with van der Waals surface area (Å²) in [5.41, 5.74) is -0.0407. The molecule has 0 radical (unpaired) electrons. The highest BCUT2D eigenvalue weighted by molar-refractivity contribution is 7.98. The predicted octanol–water partition coefficient (Wildman–Crippen LogP) is 2.09. The molecule has 11 heavy (non-hydrogen) atoms. The number of thioether (sulfide) groups is 1. The topological polar surface area (TPSA) is 38.9 Å². The minimum Gasteiger partial charge on any atom is -0.338 e. The maximum Gasteiger partial charge on any atom is 0.232 e. The van der Waals surface area contributed by atoms with E-state index in [1.807, 2.05) is 27.0 Å². The highest BCUT2D eigenvalue weighted by Crippen LogP contribution is 2.21. The van der Waals surface area contributed by atoms with Crippen LogP contribution in [-0.2, 0) is 5.41 Å². The third-order valence-corrected chi connectivity index (χ3v) is 1.76. The van der Waals surface area contributed by atoms with Crippen molar-refractivity contribution in [2.24, 2.45) is 0 Å². The molecule has 0 aliphatic heterocycles. The maximum absolute atomic E-state index is 5.04. The molecule has 1 heterocycles. The van der Waals surface area contributed by atoms with E-state index in [-0.39, 0.29) is 5.41 Å². The third kappa shape index (κ3) is 1.96. The Morgan fingerprint density at radius 3 is 2.27 bits per heavy atom. The average Bonchev–Trinajstić information content (AvgIpc) is 2.32. The molecule has 1 aromatic heterocycles. The van der Waals surface area contributed by atoms with E-state index in [0.717, 1.165) is 0 Å². The largest absolute Gasteiger partial charge is 0.338 e. The molecular weight excluding hydrogens is 160 g/mol. The van der Waals surface area contributed by atoms with E-state index in [0.29, 0.717) is 11.0 Å². The lowest BCUT2D eigenvalue weighted by atomic mass is 9.97. The molecule has 0 fully saturated rings. The second-order valence-electron chi connectivity index (χ2n) is 3.34. The zero-order chi connectivity index (χ0) is 8.48. The van der Waals surface area contributed by atoms with Gasteiger partial charge < -0.3 is 4.52 Å². The van der Waals surface area contributed by atoms with Crippen molar-refractivity contribution < 1.29 is 4.52 Å². The Bertz CT molecular complexity index is 239. The van der Waals surface area contributed by atoms with Crippen molar-refractivity contribution in [3.05, 3.63) is 5.89 Å². The molecule has 0 bridgehead atoms. The summed E-state index contributed by atoms with van der Waals surface area (Å²) in [5.74, 6) is 0.696. The van der Waals surface area contributed by atoms with Crippen LogP contribution in [0.25, 0.3) is 0 Å². The zero-order valence-electron chi connectivity index (χ0n) is 7.21. The van der Waals surface area contributed by atoms with Crippen LogP contribution in [0.1, 0.15) is 26.7 Å². The van der Waals surface area contributed by atoms with Crippen molar-refractivity contribution in [1.29, 1.82) is 0 Å². The Labute approximate surface area is 70.6 Å². The highest BCUT2D eigenvalue weighted by Gasteiger charge is 2.21. The first-order chi connectivity index (χ1) is 5.04. The van der Waals surface area contributed by atoms with Crippen LogP contribution in [0.3, 0.4) is 0 Å². The second kappa shape index (κ2) is 2.85. The van der Waals surface area contributed by atoms with Crippen LogP contribution < -0.4 is 0 Å². The molecule has 0 aliphatic rings. The maximum atomic E-state index is 5.04. The molecule has 0 N–H and O–H groups in total. The van der Waals surface area contributed by atoms with Crippen molar-refractivity contribution in [1.82, 2.24) is 10.1 Å². The van der Waals surface area contributed by atoms with Gasteiger partial charge >= 0.3 is 0 Å². The van der Waals surface area contributed by atoms with Crippen molar-refractivity contribution in [2.75, 3.05) is 6.26 Å². The smallest absolute Gasteiger partial charge is 0.232 e. The van der Waals surface area contributed by atoms with E-state index in [2.05, 4.69) is 10.1 Å². The minimum atomic E-state index is -0.0407. The standard InChI is InChI=1S/C7H12N2OS/c1-7(2,3)5-8-6(11-4)9-10-5/h1-4H3. The molecule has 0 aromatic carbocycles.